The zero-order valence-corrected chi connectivity index (χ0v) is 25.7. The number of amides is 2. The molecular weight excluding hydrogens is 552 g/mol. The number of carbonyl (C=O) groups excluding carboxylic acids is 2. The third-order valence-corrected chi connectivity index (χ3v) is 10.4. The van der Waals surface area contributed by atoms with Gasteiger partial charge in [-0.05, 0) is 74.0 Å². The van der Waals surface area contributed by atoms with Crippen molar-refractivity contribution in [1.29, 1.82) is 0 Å². The molecule has 0 aromatic heterocycles. The van der Waals surface area contributed by atoms with Crippen LogP contribution in [-0.2, 0) is 18.9 Å². The fourth-order valence-corrected chi connectivity index (χ4v) is 7.55. The molecular formula is C29H40BCl2N3O5. The van der Waals surface area contributed by atoms with Crippen molar-refractivity contribution in [2.75, 3.05) is 6.54 Å². The second kappa shape index (κ2) is 10.8. The van der Waals surface area contributed by atoms with Gasteiger partial charge in [0, 0.05) is 11.4 Å². The molecule has 11 heteroatoms. The van der Waals surface area contributed by atoms with E-state index in [0.29, 0.717) is 46.4 Å². The van der Waals surface area contributed by atoms with Gasteiger partial charge < -0.3 is 24.8 Å². The summed E-state index contributed by atoms with van der Waals surface area (Å²) in [5.74, 6) is 0.462. The highest BCUT2D eigenvalue weighted by molar-refractivity contribution is 6.48. The summed E-state index contributed by atoms with van der Waals surface area (Å²) in [4.78, 5) is 32.2. The minimum atomic E-state index is -1.16. The predicted octanol–water partition coefficient (Wildman–Crippen LogP) is 5.45. The molecule has 2 bridgehead atoms. The van der Waals surface area contributed by atoms with Crippen LogP contribution in [0.15, 0.2) is 23.4 Å². The third kappa shape index (κ3) is 5.16. The Morgan fingerprint density at radius 1 is 1.20 bits per heavy atom. The van der Waals surface area contributed by atoms with E-state index in [-0.39, 0.29) is 53.4 Å². The summed E-state index contributed by atoms with van der Waals surface area (Å²) in [7, 11) is -0.520. The van der Waals surface area contributed by atoms with Crippen molar-refractivity contribution < 1.29 is 23.7 Å². The van der Waals surface area contributed by atoms with Crippen molar-refractivity contribution in [3.8, 4) is 0 Å². The maximum absolute atomic E-state index is 13.8. The molecule has 2 aliphatic heterocycles. The highest BCUT2D eigenvalue weighted by atomic mass is 35.5. The summed E-state index contributed by atoms with van der Waals surface area (Å²) in [6.45, 7) is 13.1. The van der Waals surface area contributed by atoms with Gasteiger partial charge in [-0.3, -0.25) is 9.59 Å². The first-order valence-electron chi connectivity index (χ1n) is 14.4. The number of rotatable bonds is 9. The third-order valence-electron chi connectivity index (χ3n) is 9.79. The SMILES string of the molecule is CCC1(C(=O)N[C@@H](CC(C)C)B2O[C@@H]3C[C@@H]4C[C@@H](C4(C)C)[C@]3(C)O2)CC(CNC(=O)c2cc(Cl)ccc2Cl)=NO1. The van der Waals surface area contributed by atoms with E-state index in [2.05, 4.69) is 50.4 Å². The molecule has 3 aliphatic carbocycles. The van der Waals surface area contributed by atoms with E-state index < -0.39 is 12.7 Å². The molecule has 1 aromatic carbocycles. The largest absolute Gasteiger partial charge is 0.481 e. The number of benzene rings is 1. The first-order valence-corrected chi connectivity index (χ1v) is 15.2. The van der Waals surface area contributed by atoms with Crippen molar-refractivity contribution in [1.82, 2.24) is 10.6 Å². The summed E-state index contributed by atoms with van der Waals surface area (Å²) in [6.07, 6.45) is 3.58. The fraction of sp³-hybridized carbons (Fsp3) is 0.690. The first kappa shape index (κ1) is 29.7. The molecule has 4 fully saturated rings. The lowest BCUT2D eigenvalue weighted by Gasteiger charge is -2.64. The van der Waals surface area contributed by atoms with E-state index in [0.717, 1.165) is 6.42 Å². The van der Waals surface area contributed by atoms with Crippen molar-refractivity contribution >= 4 is 47.8 Å². The molecule has 0 spiro atoms. The second-order valence-corrected chi connectivity index (χ2v) is 14.0. The zero-order chi connectivity index (χ0) is 29.0. The predicted molar refractivity (Wildman–Crippen MR) is 156 cm³/mol. The normalized spacial score (nSPS) is 32.6. The Kier molecular flexibility index (Phi) is 8.01. The molecule has 2 N–H and O–H groups in total. The van der Waals surface area contributed by atoms with Crippen LogP contribution in [0.1, 0.15) is 84.0 Å². The Morgan fingerprint density at radius 3 is 2.62 bits per heavy atom. The molecule has 3 saturated carbocycles. The Morgan fingerprint density at radius 2 is 1.95 bits per heavy atom. The Balaban J connectivity index is 1.23. The summed E-state index contributed by atoms with van der Waals surface area (Å²) < 4.78 is 13.2. The fourth-order valence-electron chi connectivity index (χ4n) is 7.18. The van der Waals surface area contributed by atoms with Gasteiger partial charge in [-0.25, -0.2) is 0 Å². The smallest absolute Gasteiger partial charge is 0.404 e. The van der Waals surface area contributed by atoms with Gasteiger partial charge in [-0.2, -0.15) is 0 Å². The van der Waals surface area contributed by atoms with E-state index in [1.165, 1.54) is 12.5 Å². The average Bonchev–Trinajstić information content (AvgIpc) is 3.49. The van der Waals surface area contributed by atoms with Crippen LogP contribution >= 0.6 is 23.2 Å². The molecule has 2 heterocycles. The highest BCUT2D eigenvalue weighted by Crippen LogP contribution is 2.65. The summed E-state index contributed by atoms with van der Waals surface area (Å²) in [5.41, 5.74) is -0.433. The number of halogens is 2. The topological polar surface area (TPSA) is 98.2 Å². The van der Waals surface area contributed by atoms with E-state index >= 15 is 0 Å². The number of nitrogens with zero attached hydrogens (tertiary/aromatic N) is 1. The van der Waals surface area contributed by atoms with Crippen molar-refractivity contribution in [3.05, 3.63) is 33.8 Å². The van der Waals surface area contributed by atoms with Gasteiger partial charge in [0.25, 0.3) is 11.8 Å². The van der Waals surface area contributed by atoms with Crippen molar-refractivity contribution in [2.24, 2.45) is 28.3 Å². The average molecular weight is 592 g/mol. The Hall–Kier alpha value is -1.81. The molecule has 5 aliphatic rings. The van der Waals surface area contributed by atoms with Gasteiger partial charge in [-0.15, -0.1) is 0 Å². The molecule has 1 saturated heterocycles. The van der Waals surface area contributed by atoms with Crippen molar-refractivity contribution in [2.45, 2.75) is 96.9 Å². The Bertz CT molecular complexity index is 1210. The van der Waals surface area contributed by atoms with Crippen LogP contribution in [0.5, 0.6) is 0 Å². The molecule has 6 rings (SSSR count). The highest BCUT2D eigenvalue weighted by Gasteiger charge is 2.68. The summed E-state index contributed by atoms with van der Waals surface area (Å²) >= 11 is 12.2. The lowest BCUT2D eigenvalue weighted by atomic mass is 9.43. The van der Waals surface area contributed by atoms with Crippen LogP contribution in [0.3, 0.4) is 0 Å². The second-order valence-electron chi connectivity index (χ2n) is 13.1. The quantitative estimate of drug-likeness (QED) is 0.372. The molecule has 6 atom stereocenters. The van der Waals surface area contributed by atoms with Crippen LogP contribution in [-0.4, -0.2) is 54.4 Å². The van der Waals surface area contributed by atoms with Gasteiger partial charge in [-0.1, -0.05) is 63.0 Å². The first-order chi connectivity index (χ1) is 18.8. The van der Waals surface area contributed by atoms with Gasteiger partial charge in [0.1, 0.15) is 0 Å². The summed E-state index contributed by atoms with van der Waals surface area (Å²) in [5, 5.41) is 10.9. The minimum Gasteiger partial charge on any atom is -0.404 e. The molecule has 1 unspecified atom stereocenters. The maximum Gasteiger partial charge on any atom is 0.481 e. The van der Waals surface area contributed by atoms with Crippen LogP contribution in [0.4, 0.5) is 0 Å². The molecule has 2 amide bonds. The van der Waals surface area contributed by atoms with E-state index in [1.54, 1.807) is 12.1 Å². The van der Waals surface area contributed by atoms with Gasteiger partial charge in [0.15, 0.2) is 0 Å². The van der Waals surface area contributed by atoms with Crippen molar-refractivity contribution in [3.63, 3.8) is 0 Å². The standard InChI is InChI=1S/C29H40BCl2N3O5/c1-7-29(14-19(35-40-29)15-33-25(36)20-13-18(31)8-9-21(20)32)26(37)34-24(10-16(2)3)30-38-23-12-17-11-22(27(17,4)5)28(23,6)39-30/h8-9,13,16-17,22-24H,7,10-12,14-15H2,1-6H3,(H,33,36)(H,34,37)/t17-,22-,23+,24-,28-,29?/m0/s1. The van der Waals surface area contributed by atoms with Crippen LogP contribution < -0.4 is 10.6 Å². The number of carbonyl (C=O) groups is 2. The molecule has 0 radical (unpaired) electrons. The number of oxime groups is 1. The molecule has 218 valence electrons. The maximum atomic E-state index is 13.8. The molecule has 1 aromatic rings. The van der Waals surface area contributed by atoms with Gasteiger partial charge in [0.2, 0.25) is 5.60 Å². The lowest BCUT2D eigenvalue weighted by Crippen LogP contribution is -2.65. The number of hydrogen-bond acceptors (Lipinski definition) is 6. The molecule has 40 heavy (non-hydrogen) atoms. The van der Waals surface area contributed by atoms with E-state index in [4.69, 9.17) is 37.3 Å². The Labute approximate surface area is 247 Å². The number of nitrogens with one attached hydrogen (secondary N) is 2. The summed E-state index contributed by atoms with van der Waals surface area (Å²) in [6, 6.07) is 4.71. The zero-order valence-electron chi connectivity index (χ0n) is 24.2. The lowest BCUT2D eigenvalue weighted by molar-refractivity contribution is -0.199. The van der Waals surface area contributed by atoms with E-state index in [9.17, 15) is 9.59 Å². The minimum absolute atomic E-state index is 0.0373. The van der Waals surface area contributed by atoms with Crippen LogP contribution in [0.25, 0.3) is 0 Å². The number of hydrogen-bond donors (Lipinski definition) is 2. The van der Waals surface area contributed by atoms with Gasteiger partial charge >= 0.3 is 7.12 Å². The molecule has 8 nitrogen and oxygen atoms in total. The van der Waals surface area contributed by atoms with E-state index in [1.807, 2.05) is 6.92 Å². The van der Waals surface area contributed by atoms with Crippen LogP contribution in [0, 0.1) is 23.2 Å². The van der Waals surface area contributed by atoms with Crippen LogP contribution in [0.2, 0.25) is 10.0 Å². The van der Waals surface area contributed by atoms with Gasteiger partial charge in [0.05, 0.1) is 40.5 Å². The monoisotopic (exact) mass is 591 g/mol.